The highest BCUT2D eigenvalue weighted by molar-refractivity contribution is 6.76. The molecule has 12 heteroatoms. The van der Waals surface area contributed by atoms with Crippen LogP contribution >= 0.6 is 0 Å². The molecule has 0 atom stereocenters. The molecule has 0 spiro atoms. The zero-order chi connectivity index (χ0) is 21.5. The van der Waals surface area contributed by atoms with E-state index in [4.69, 9.17) is 39.2 Å². The van der Waals surface area contributed by atoms with E-state index in [1.165, 1.54) is 0 Å². The molecular formula is C16H40O9Si3. The molecule has 0 fully saturated rings. The van der Waals surface area contributed by atoms with Crippen molar-refractivity contribution in [1.29, 1.82) is 0 Å². The molecule has 0 unspecified atom stereocenters. The van der Waals surface area contributed by atoms with Crippen molar-refractivity contribution in [2.45, 2.75) is 61.4 Å². The van der Waals surface area contributed by atoms with Gasteiger partial charge in [0.1, 0.15) is 0 Å². The summed E-state index contributed by atoms with van der Waals surface area (Å²) in [4.78, 5) is 0. The number of hydrogen-bond acceptors (Lipinski definition) is 9. The third kappa shape index (κ3) is 8.97. The molecule has 0 aromatic heterocycles. The summed E-state index contributed by atoms with van der Waals surface area (Å²) in [5.41, 5.74) is 0. The van der Waals surface area contributed by atoms with Crippen LogP contribution in [-0.2, 0) is 39.2 Å². The van der Waals surface area contributed by atoms with Crippen LogP contribution in [0, 0.1) is 0 Å². The minimum atomic E-state index is -3.78. The lowest BCUT2D eigenvalue weighted by molar-refractivity contribution is -0.0565. The molecule has 0 heterocycles. The van der Waals surface area contributed by atoms with E-state index in [0.29, 0.717) is 52.3 Å². The fourth-order valence-electron chi connectivity index (χ4n) is 2.44. The third-order valence-corrected chi connectivity index (χ3v) is 13.1. The first-order valence-electron chi connectivity index (χ1n) is 10.3. The van der Waals surface area contributed by atoms with Gasteiger partial charge in [0.05, 0.1) is 0 Å². The summed E-state index contributed by atoms with van der Waals surface area (Å²) >= 11 is 0. The third-order valence-electron chi connectivity index (χ3n) is 3.30. The fourth-order valence-corrected chi connectivity index (χ4v) is 11.9. The zero-order valence-electron chi connectivity index (χ0n) is 18.8. The predicted octanol–water partition coefficient (Wildman–Crippen LogP) is 3.11. The molecule has 0 amide bonds. The SMILES string of the molecule is CCO[Si](CC)(OCC)O[Si](OCC)(OCC)O[Si](OCC)(OCC)OCC. The van der Waals surface area contributed by atoms with Gasteiger partial charge in [-0.05, 0) is 48.5 Å². The van der Waals surface area contributed by atoms with Crippen LogP contribution in [0.4, 0.5) is 0 Å². The van der Waals surface area contributed by atoms with E-state index in [1.807, 2.05) is 55.4 Å². The van der Waals surface area contributed by atoms with E-state index in [-0.39, 0.29) is 0 Å². The van der Waals surface area contributed by atoms with E-state index < -0.39 is 26.9 Å². The maximum atomic E-state index is 6.39. The molecule has 9 nitrogen and oxygen atoms in total. The largest absolute Gasteiger partial charge is 0.673 e. The van der Waals surface area contributed by atoms with Crippen LogP contribution in [0.2, 0.25) is 6.04 Å². The lowest BCUT2D eigenvalue weighted by atomic mass is 10.9. The van der Waals surface area contributed by atoms with Crippen molar-refractivity contribution in [3.8, 4) is 0 Å². The normalized spacial score (nSPS) is 13.3. The molecule has 0 aliphatic carbocycles. The molecule has 0 aliphatic heterocycles. The van der Waals surface area contributed by atoms with Crippen LogP contribution < -0.4 is 0 Å². The minimum Gasteiger partial charge on any atom is -0.374 e. The zero-order valence-corrected chi connectivity index (χ0v) is 21.8. The Bertz CT molecular complexity index is 361. The van der Waals surface area contributed by atoms with Gasteiger partial charge in [-0.2, -0.15) is 0 Å². The van der Waals surface area contributed by atoms with Crippen molar-refractivity contribution in [2.24, 2.45) is 0 Å². The Morgan fingerprint density at radius 2 is 0.714 bits per heavy atom. The lowest BCUT2D eigenvalue weighted by Crippen LogP contribution is -2.66. The Hall–Kier alpha value is 0.291. The average Bonchev–Trinajstić information content (AvgIpc) is 2.63. The van der Waals surface area contributed by atoms with Crippen LogP contribution in [0.5, 0.6) is 0 Å². The number of hydrogen-bond donors (Lipinski definition) is 0. The summed E-state index contributed by atoms with van der Waals surface area (Å²) in [7, 11) is -10.4. The van der Waals surface area contributed by atoms with Gasteiger partial charge in [0.2, 0.25) is 0 Å². The standard InChI is InChI=1S/C16H40O9Si3/c1-9-17-26(16-8,18-10-2)24-28(22-14-6,23-15-7)25-27(19-11-3,20-12-4)21-13-5/h9-16H2,1-8H3. The van der Waals surface area contributed by atoms with Gasteiger partial charge in [-0.1, -0.05) is 6.92 Å². The van der Waals surface area contributed by atoms with E-state index in [1.54, 1.807) is 0 Å². The smallest absolute Gasteiger partial charge is 0.374 e. The first-order chi connectivity index (χ1) is 13.4. The van der Waals surface area contributed by atoms with Crippen molar-refractivity contribution in [2.75, 3.05) is 46.2 Å². The molecule has 0 bridgehead atoms. The van der Waals surface area contributed by atoms with Crippen LogP contribution in [0.3, 0.4) is 0 Å². The van der Waals surface area contributed by atoms with Crippen molar-refractivity contribution in [1.82, 2.24) is 0 Å². The van der Waals surface area contributed by atoms with Gasteiger partial charge in [0.25, 0.3) is 0 Å². The topological polar surface area (TPSA) is 83.1 Å². The summed E-state index contributed by atoms with van der Waals surface area (Å²) < 4.78 is 54.0. The van der Waals surface area contributed by atoms with Crippen LogP contribution in [0.15, 0.2) is 0 Å². The van der Waals surface area contributed by atoms with E-state index in [0.717, 1.165) is 0 Å². The first-order valence-corrected chi connectivity index (χ1v) is 15.5. The molecule has 0 N–H and O–H groups in total. The molecular weight excluding hydrogens is 420 g/mol. The van der Waals surface area contributed by atoms with Gasteiger partial charge in [-0.15, -0.1) is 0 Å². The maximum Gasteiger partial charge on any atom is 0.673 e. The second-order valence-corrected chi connectivity index (χ2v) is 13.0. The maximum absolute atomic E-state index is 6.39. The number of rotatable bonds is 19. The molecule has 0 aliphatic rings. The van der Waals surface area contributed by atoms with E-state index in [2.05, 4.69) is 0 Å². The summed E-state index contributed by atoms with van der Waals surface area (Å²) in [6, 6.07) is 0.541. The van der Waals surface area contributed by atoms with E-state index in [9.17, 15) is 0 Å². The van der Waals surface area contributed by atoms with Crippen LogP contribution in [-0.4, -0.2) is 73.1 Å². The molecule has 0 saturated heterocycles. The Morgan fingerprint density at radius 1 is 0.393 bits per heavy atom. The molecule has 0 radical (unpaired) electrons. The Balaban J connectivity index is 6.07. The Kier molecular flexibility index (Phi) is 15.3. The fraction of sp³-hybridized carbons (Fsp3) is 1.00. The molecule has 0 saturated carbocycles. The summed E-state index contributed by atoms with van der Waals surface area (Å²) in [6.07, 6.45) is 0. The van der Waals surface area contributed by atoms with Crippen molar-refractivity contribution < 1.29 is 39.2 Å². The van der Waals surface area contributed by atoms with Gasteiger partial charge < -0.3 is 39.2 Å². The molecule has 170 valence electrons. The van der Waals surface area contributed by atoms with Gasteiger partial charge in [-0.25, -0.2) is 0 Å². The van der Waals surface area contributed by atoms with Gasteiger partial charge in [-0.3, -0.25) is 0 Å². The highest BCUT2D eigenvalue weighted by Gasteiger charge is 2.63. The summed E-state index contributed by atoms with van der Waals surface area (Å²) in [5, 5.41) is 0. The summed E-state index contributed by atoms with van der Waals surface area (Å²) in [5.74, 6) is 0. The molecule has 0 rings (SSSR count). The van der Waals surface area contributed by atoms with Crippen LogP contribution in [0.25, 0.3) is 0 Å². The Labute approximate surface area is 174 Å². The molecule has 0 aromatic rings. The second-order valence-electron chi connectivity index (χ2n) is 5.27. The van der Waals surface area contributed by atoms with Gasteiger partial charge in [0, 0.05) is 52.3 Å². The quantitative estimate of drug-likeness (QED) is 0.270. The van der Waals surface area contributed by atoms with Gasteiger partial charge >= 0.3 is 26.9 Å². The highest BCUT2D eigenvalue weighted by Crippen LogP contribution is 2.28. The Morgan fingerprint density at radius 3 is 1.00 bits per heavy atom. The second kappa shape index (κ2) is 15.1. The lowest BCUT2D eigenvalue weighted by Gasteiger charge is -2.39. The predicted molar refractivity (Wildman–Crippen MR) is 111 cm³/mol. The average molecular weight is 461 g/mol. The highest BCUT2D eigenvalue weighted by atomic mass is 28.5. The van der Waals surface area contributed by atoms with Crippen molar-refractivity contribution >= 4 is 26.9 Å². The van der Waals surface area contributed by atoms with E-state index >= 15 is 0 Å². The van der Waals surface area contributed by atoms with Crippen LogP contribution in [0.1, 0.15) is 55.4 Å². The molecule has 28 heavy (non-hydrogen) atoms. The van der Waals surface area contributed by atoms with Gasteiger partial charge in [0.15, 0.2) is 0 Å². The minimum absolute atomic E-state index is 0.313. The monoisotopic (exact) mass is 460 g/mol. The van der Waals surface area contributed by atoms with Crippen molar-refractivity contribution in [3.05, 3.63) is 0 Å². The first kappa shape index (κ1) is 28.3. The summed E-state index contributed by atoms with van der Waals surface area (Å²) in [6.45, 7) is 17.5. The molecule has 0 aromatic carbocycles. The van der Waals surface area contributed by atoms with Crippen molar-refractivity contribution in [3.63, 3.8) is 0 Å².